The Labute approximate surface area is 78.7 Å². The summed E-state index contributed by atoms with van der Waals surface area (Å²) in [5.74, 6) is 0.0912. The predicted octanol–water partition coefficient (Wildman–Crippen LogP) is -0.291. The van der Waals surface area contributed by atoms with Crippen molar-refractivity contribution in [1.82, 2.24) is 4.90 Å². The van der Waals surface area contributed by atoms with Crippen LogP contribution in [-0.4, -0.2) is 41.7 Å². The van der Waals surface area contributed by atoms with Crippen LogP contribution in [0.1, 0.15) is 25.7 Å². The molecule has 0 radical (unpaired) electrons. The summed E-state index contributed by atoms with van der Waals surface area (Å²) in [6, 6.07) is 0. The topological polar surface area (TPSA) is 66.6 Å². The molecule has 76 valence electrons. The van der Waals surface area contributed by atoms with Gasteiger partial charge in [-0.25, -0.2) is 0 Å². The van der Waals surface area contributed by atoms with Crippen LogP contribution in [0.25, 0.3) is 0 Å². The van der Waals surface area contributed by atoms with Crippen LogP contribution in [0.3, 0.4) is 0 Å². The summed E-state index contributed by atoms with van der Waals surface area (Å²) in [4.78, 5) is 13.2. The van der Waals surface area contributed by atoms with Crippen LogP contribution in [0.15, 0.2) is 0 Å². The van der Waals surface area contributed by atoms with Crippen molar-refractivity contribution >= 4 is 5.91 Å². The van der Waals surface area contributed by atoms with Gasteiger partial charge >= 0.3 is 0 Å². The van der Waals surface area contributed by atoms with Gasteiger partial charge in [0.05, 0.1) is 0 Å². The van der Waals surface area contributed by atoms with Gasteiger partial charge in [-0.05, 0) is 19.3 Å². The van der Waals surface area contributed by atoms with Crippen LogP contribution in [0.2, 0.25) is 0 Å². The lowest BCUT2D eigenvalue weighted by atomic mass is 9.88. The van der Waals surface area contributed by atoms with Gasteiger partial charge in [0.2, 0.25) is 5.91 Å². The molecule has 1 fully saturated rings. The van der Waals surface area contributed by atoms with Gasteiger partial charge in [-0.15, -0.1) is 0 Å². The van der Waals surface area contributed by atoms with Crippen molar-refractivity contribution in [3.05, 3.63) is 0 Å². The average molecular weight is 186 g/mol. The number of carbonyl (C=O) groups excluding carboxylic acids is 1. The molecule has 1 atom stereocenters. The summed E-state index contributed by atoms with van der Waals surface area (Å²) in [6.07, 6.45) is 2.64. The van der Waals surface area contributed by atoms with Crippen molar-refractivity contribution in [3.8, 4) is 0 Å². The molecule has 0 spiro atoms. The Kier molecular flexibility index (Phi) is 3.27. The first-order valence-electron chi connectivity index (χ1n) is 4.71. The third kappa shape index (κ3) is 2.67. The second kappa shape index (κ2) is 4.07. The quantitative estimate of drug-likeness (QED) is 0.622. The Morgan fingerprint density at radius 1 is 1.69 bits per heavy atom. The fourth-order valence-electron chi connectivity index (χ4n) is 1.75. The fourth-order valence-corrected chi connectivity index (χ4v) is 1.75. The molecule has 4 heteroatoms. The van der Waals surface area contributed by atoms with E-state index < -0.39 is 5.54 Å². The molecule has 13 heavy (non-hydrogen) atoms. The molecule has 0 aromatic heterocycles. The van der Waals surface area contributed by atoms with Crippen molar-refractivity contribution in [2.24, 2.45) is 5.73 Å². The highest BCUT2D eigenvalue weighted by Gasteiger charge is 2.31. The van der Waals surface area contributed by atoms with E-state index in [9.17, 15) is 4.79 Å². The Morgan fingerprint density at radius 3 is 3.00 bits per heavy atom. The van der Waals surface area contributed by atoms with E-state index in [1.807, 2.05) is 0 Å². The molecule has 1 aliphatic heterocycles. The molecular weight excluding hydrogens is 168 g/mol. The second-order valence-electron chi connectivity index (χ2n) is 3.93. The van der Waals surface area contributed by atoms with E-state index in [4.69, 9.17) is 10.8 Å². The number of aliphatic hydroxyl groups excluding tert-OH is 1. The van der Waals surface area contributed by atoms with Gasteiger partial charge in [0.1, 0.15) is 0 Å². The minimum Gasteiger partial charge on any atom is -0.396 e. The fraction of sp³-hybridized carbons (Fsp3) is 0.889. The maximum Gasteiger partial charge on any atom is 0.224 e. The smallest absolute Gasteiger partial charge is 0.224 e. The maximum absolute atomic E-state index is 11.5. The van der Waals surface area contributed by atoms with E-state index in [0.717, 1.165) is 19.4 Å². The molecule has 0 aromatic carbocycles. The van der Waals surface area contributed by atoms with E-state index >= 15 is 0 Å². The number of nitrogens with two attached hydrogens (primary N) is 1. The Balaban J connectivity index is 2.62. The molecule has 0 bridgehead atoms. The average Bonchev–Trinajstić information content (AvgIpc) is 2.13. The first-order chi connectivity index (χ1) is 6.07. The normalized spacial score (nSPS) is 30.4. The summed E-state index contributed by atoms with van der Waals surface area (Å²) in [7, 11) is 1.80. The summed E-state index contributed by atoms with van der Waals surface area (Å²) in [5.41, 5.74) is 5.54. The molecular formula is C9H18N2O2. The predicted molar refractivity (Wildman–Crippen MR) is 50.1 cm³/mol. The largest absolute Gasteiger partial charge is 0.396 e. The lowest BCUT2D eigenvalue weighted by Crippen LogP contribution is -2.43. The SMILES string of the molecule is CN1CCCC(N)(CCO)CC1=O. The highest BCUT2D eigenvalue weighted by atomic mass is 16.3. The zero-order valence-electron chi connectivity index (χ0n) is 8.12. The van der Waals surface area contributed by atoms with Crippen LogP contribution >= 0.6 is 0 Å². The molecule has 1 aliphatic rings. The van der Waals surface area contributed by atoms with Crippen LogP contribution in [-0.2, 0) is 4.79 Å². The third-order valence-corrected chi connectivity index (χ3v) is 2.71. The third-order valence-electron chi connectivity index (χ3n) is 2.71. The van der Waals surface area contributed by atoms with Gasteiger partial charge in [-0.3, -0.25) is 4.79 Å². The standard InChI is InChI=1S/C9H18N2O2/c1-11-5-2-3-9(10,4-6-12)7-8(11)13/h12H,2-7,10H2,1H3. The van der Waals surface area contributed by atoms with Gasteiger partial charge in [0.25, 0.3) is 0 Å². The summed E-state index contributed by atoms with van der Waals surface area (Å²) >= 11 is 0. The number of carbonyl (C=O) groups is 1. The van der Waals surface area contributed by atoms with E-state index in [0.29, 0.717) is 12.8 Å². The highest BCUT2D eigenvalue weighted by molar-refractivity contribution is 5.77. The highest BCUT2D eigenvalue weighted by Crippen LogP contribution is 2.22. The lowest BCUT2D eigenvalue weighted by Gasteiger charge is -2.25. The monoisotopic (exact) mass is 186 g/mol. The van der Waals surface area contributed by atoms with Gasteiger partial charge in [0.15, 0.2) is 0 Å². The number of rotatable bonds is 2. The number of hydrogen-bond donors (Lipinski definition) is 2. The lowest BCUT2D eigenvalue weighted by molar-refractivity contribution is -0.130. The van der Waals surface area contributed by atoms with Crippen molar-refractivity contribution in [3.63, 3.8) is 0 Å². The molecule has 3 N–H and O–H groups in total. The van der Waals surface area contributed by atoms with Gasteiger partial charge in [-0.1, -0.05) is 0 Å². The molecule has 1 rings (SSSR count). The number of hydrogen-bond acceptors (Lipinski definition) is 3. The second-order valence-corrected chi connectivity index (χ2v) is 3.93. The van der Waals surface area contributed by atoms with Crippen molar-refractivity contribution in [2.75, 3.05) is 20.2 Å². The van der Waals surface area contributed by atoms with Crippen molar-refractivity contribution in [2.45, 2.75) is 31.2 Å². The first-order valence-corrected chi connectivity index (χ1v) is 4.71. The van der Waals surface area contributed by atoms with Crippen LogP contribution in [0, 0.1) is 0 Å². The maximum atomic E-state index is 11.5. The molecule has 0 saturated carbocycles. The van der Waals surface area contributed by atoms with Gasteiger partial charge in [0, 0.05) is 32.2 Å². The molecule has 1 saturated heterocycles. The summed E-state index contributed by atoms with van der Waals surface area (Å²) in [5, 5.41) is 8.82. The van der Waals surface area contributed by atoms with Crippen LogP contribution in [0.4, 0.5) is 0 Å². The van der Waals surface area contributed by atoms with Gasteiger partial charge < -0.3 is 15.7 Å². The van der Waals surface area contributed by atoms with E-state index in [2.05, 4.69) is 0 Å². The molecule has 1 unspecified atom stereocenters. The summed E-state index contributed by atoms with van der Waals surface area (Å²) < 4.78 is 0. The molecule has 0 aliphatic carbocycles. The number of likely N-dealkylation sites (tertiary alicyclic amines) is 1. The molecule has 1 amide bonds. The van der Waals surface area contributed by atoms with E-state index in [1.165, 1.54) is 0 Å². The van der Waals surface area contributed by atoms with Crippen molar-refractivity contribution < 1.29 is 9.90 Å². The van der Waals surface area contributed by atoms with E-state index in [-0.39, 0.29) is 12.5 Å². The Hall–Kier alpha value is -0.610. The minimum atomic E-state index is -0.476. The molecule has 0 aromatic rings. The minimum absolute atomic E-state index is 0.0630. The van der Waals surface area contributed by atoms with Crippen molar-refractivity contribution in [1.29, 1.82) is 0 Å². The van der Waals surface area contributed by atoms with Gasteiger partial charge in [-0.2, -0.15) is 0 Å². The van der Waals surface area contributed by atoms with E-state index in [1.54, 1.807) is 11.9 Å². The number of amides is 1. The first kappa shape index (κ1) is 10.5. The number of nitrogens with zero attached hydrogens (tertiary/aromatic N) is 1. The summed E-state index contributed by atoms with van der Waals surface area (Å²) in [6.45, 7) is 0.844. The molecule has 1 heterocycles. The zero-order chi connectivity index (χ0) is 9.90. The molecule has 4 nitrogen and oxygen atoms in total. The van der Waals surface area contributed by atoms with Crippen LogP contribution < -0.4 is 5.73 Å². The van der Waals surface area contributed by atoms with Crippen LogP contribution in [0.5, 0.6) is 0 Å². The Bertz CT molecular complexity index is 196. The zero-order valence-corrected chi connectivity index (χ0v) is 8.12. The Morgan fingerprint density at radius 2 is 2.38 bits per heavy atom. The number of aliphatic hydroxyl groups is 1.